The van der Waals surface area contributed by atoms with E-state index in [1.165, 1.54) is 11.3 Å². The number of morpholine rings is 1. The van der Waals surface area contributed by atoms with Crippen molar-refractivity contribution < 1.29 is 4.74 Å². The molecule has 2 fully saturated rings. The van der Waals surface area contributed by atoms with E-state index < -0.39 is 0 Å². The highest BCUT2D eigenvalue weighted by Gasteiger charge is 2.44. The number of nitrogens with zero attached hydrogens (tertiary/aromatic N) is 5. The number of aromatic nitrogens is 4. The fourth-order valence-electron chi connectivity index (χ4n) is 5.51. The molecule has 0 saturated carbocycles. The van der Waals surface area contributed by atoms with Crippen molar-refractivity contribution >= 4 is 5.95 Å². The van der Waals surface area contributed by atoms with Crippen LogP contribution in [0.25, 0.3) is 0 Å². The first-order chi connectivity index (χ1) is 15.1. The number of anilines is 1. The lowest BCUT2D eigenvalue weighted by Gasteiger charge is -2.39. The minimum atomic E-state index is 0.0581. The smallest absolute Gasteiger partial charge is 0.255 e. The van der Waals surface area contributed by atoms with Crippen molar-refractivity contribution in [2.75, 3.05) is 44.3 Å². The first-order valence-corrected chi connectivity index (χ1v) is 11.8. The highest BCUT2D eigenvalue weighted by molar-refractivity contribution is 5.40. The number of likely N-dealkylation sites (tertiary alicyclic amines) is 1. The maximum Gasteiger partial charge on any atom is 0.255 e. The van der Waals surface area contributed by atoms with Gasteiger partial charge in [0.25, 0.3) is 5.56 Å². The summed E-state index contributed by atoms with van der Waals surface area (Å²) in [6, 6.07) is 0. The van der Waals surface area contributed by atoms with E-state index in [1.807, 2.05) is 6.20 Å². The van der Waals surface area contributed by atoms with Gasteiger partial charge in [-0.05, 0) is 52.1 Å². The normalized spacial score (nSPS) is 21.0. The van der Waals surface area contributed by atoms with Gasteiger partial charge in [0.05, 0.1) is 25.1 Å². The third-order valence-corrected chi connectivity index (χ3v) is 7.52. The molecule has 4 heterocycles. The van der Waals surface area contributed by atoms with E-state index in [1.54, 1.807) is 0 Å². The predicted octanol–water partition coefficient (Wildman–Crippen LogP) is 2.00. The van der Waals surface area contributed by atoms with Gasteiger partial charge in [-0.15, -0.1) is 0 Å². The molecule has 1 N–H and O–H groups in total. The summed E-state index contributed by atoms with van der Waals surface area (Å²) in [5, 5.41) is 4.56. The van der Waals surface area contributed by atoms with E-state index in [-0.39, 0.29) is 11.0 Å². The molecule has 0 unspecified atom stereocenters. The van der Waals surface area contributed by atoms with E-state index >= 15 is 0 Å². The van der Waals surface area contributed by atoms with E-state index in [0.29, 0.717) is 13.2 Å². The van der Waals surface area contributed by atoms with Crippen molar-refractivity contribution in [3.63, 3.8) is 0 Å². The van der Waals surface area contributed by atoms with Crippen LogP contribution in [0, 0.1) is 6.92 Å². The first-order valence-electron chi connectivity index (χ1n) is 11.8. The van der Waals surface area contributed by atoms with Crippen LogP contribution in [0.2, 0.25) is 0 Å². The van der Waals surface area contributed by atoms with Gasteiger partial charge >= 0.3 is 0 Å². The molecule has 0 radical (unpaired) electrons. The van der Waals surface area contributed by atoms with Gasteiger partial charge in [-0.2, -0.15) is 5.10 Å². The average Bonchev–Trinajstić information content (AvgIpc) is 3.32. The Morgan fingerprint density at radius 3 is 2.68 bits per heavy atom. The number of aromatic amines is 1. The number of H-pyrrole nitrogens is 1. The van der Waals surface area contributed by atoms with E-state index in [0.717, 1.165) is 88.6 Å². The van der Waals surface area contributed by atoms with Crippen LogP contribution in [0.15, 0.2) is 11.0 Å². The minimum Gasteiger partial charge on any atom is -0.378 e. The number of hydrogen-bond acceptors (Lipinski definition) is 6. The molecular weight excluding hydrogens is 392 g/mol. The predicted molar refractivity (Wildman–Crippen MR) is 120 cm³/mol. The molecule has 2 saturated heterocycles. The van der Waals surface area contributed by atoms with Crippen LogP contribution >= 0.6 is 0 Å². The summed E-state index contributed by atoms with van der Waals surface area (Å²) in [5.41, 5.74) is 4.73. The molecule has 8 nitrogen and oxygen atoms in total. The van der Waals surface area contributed by atoms with Crippen LogP contribution in [0.4, 0.5) is 5.95 Å². The van der Waals surface area contributed by atoms with Crippen LogP contribution in [-0.4, -0.2) is 64.0 Å². The van der Waals surface area contributed by atoms with Crippen LogP contribution < -0.4 is 10.5 Å². The molecule has 8 heteroatoms. The number of nitrogens with one attached hydrogen (secondary N) is 1. The Balaban J connectivity index is 1.31. The number of piperidine rings is 1. The van der Waals surface area contributed by atoms with Crippen molar-refractivity contribution in [1.29, 1.82) is 0 Å². The van der Waals surface area contributed by atoms with E-state index in [9.17, 15) is 4.79 Å². The van der Waals surface area contributed by atoms with Crippen LogP contribution in [0.5, 0.6) is 0 Å². The topological polar surface area (TPSA) is 79.3 Å². The third-order valence-electron chi connectivity index (χ3n) is 7.52. The van der Waals surface area contributed by atoms with Crippen molar-refractivity contribution in [2.24, 2.45) is 0 Å². The highest BCUT2D eigenvalue weighted by atomic mass is 16.5. The van der Waals surface area contributed by atoms with Crippen LogP contribution in [-0.2, 0) is 29.7 Å². The lowest BCUT2D eigenvalue weighted by Crippen LogP contribution is -2.43. The summed E-state index contributed by atoms with van der Waals surface area (Å²) in [4.78, 5) is 25.6. The van der Waals surface area contributed by atoms with Gasteiger partial charge in [-0.1, -0.05) is 6.92 Å². The SMILES string of the molecule is CCCn1ncc(CN2CCC3(CCc4c3nc(N3CCOCC3)[nH]c4=O)CC2)c1C. The Kier molecular flexibility index (Phi) is 5.60. The van der Waals surface area contributed by atoms with Gasteiger partial charge in [-0.3, -0.25) is 19.4 Å². The summed E-state index contributed by atoms with van der Waals surface area (Å²) in [7, 11) is 0. The Morgan fingerprint density at radius 2 is 1.94 bits per heavy atom. The second-order valence-corrected chi connectivity index (χ2v) is 9.35. The number of rotatable bonds is 5. The lowest BCUT2D eigenvalue weighted by molar-refractivity contribution is 0.122. The van der Waals surface area contributed by atoms with Gasteiger partial charge in [-0.25, -0.2) is 4.98 Å². The molecule has 0 atom stereocenters. The average molecular weight is 427 g/mol. The molecule has 0 bridgehead atoms. The van der Waals surface area contributed by atoms with Crippen molar-refractivity contribution in [3.05, 3.63) is 39.1 Å². The Morgan fingerprint density at radius 1 is 1.16 bits per heavy atom. The summed E-state index contributed by atoms with van der Waals surface area (Å²) in [6.45, 7) is 11.3. The van der Waals surface area contributed by atoms with Crippen molar-refractivity contribution in [2.45, 2.75) is 64.5 Å². The molecule has 3 aliphatic rings. The van der Waals surface area contributed by atoms with Gasteiger partial charge in [0.1, 0.15) is 0 Å². The van der Waals surface area contributed by atoms with E-state index in [4.69, 9.17) is 9.72 Å². The number of aryl methyl sites for hydroxylation is 1. The monoisotopic (exact) mass is 426 g/mol. The summed E-state index contributed by atoms with van der Waals surface area (Å²) in [5.74, 6) is 0.731. The quantitative estimate of drug-likeness (QED) is 0.788. The van der Waals surface area contributed by atoms with Crippen LogP contribution in [0.3, 0.4) is 0 Å². The summed E-state index contributed by atoms with van der Waals surface area (Å²) >= 11 is 0. The Hall–Kier alpha value is -2.19. The fourth-order valence-corrected chi connectivity index (χ4v) is 5.51. The second kappa shape index (κ2) is 8.39. The van der Waals surface area contributed by atoms with Crippen LogP contribution in [0.1, 0.15) is 55.1 Å². The molecule has 5 rings (SSSR count). The molecule has 168 valence electrons. The maximum absolute atomic E-state index is 12.8. The van der Waals surface area contributed by atoms with Crippen molar-refractivity contribution in [3.8, 4) is 0 Å². The largest absolute Gasteiger partial charge is 0.378 e. The lowest BCUT2D eigenvalue weighted by atomic mass is 9.76. The first kappa shape index (κ1) is 20.7. The maximum atomic E-state index is 12.8. The van der Waals surface area contributed by atoms with Gasteiger partial charge < -0.3 is 9.64 Å². The molecule has 1 aliphatic carbocycles. The van der Waals surface area contributed by atoms with E-state index in [2.05, 4.69) is 38.4 Å². The van der Waals surface area contributed by atoms with Gasteiger partial charge in [0, 0.05) is 48.4 Å². The minimum absolute atomic E-state index is 0.0581. The molecule has 2 aromatic rings. The standard InChI is InChI=1S/C23H34N6O2/c1-3-8-29-17(2)18(15-24-29)16-27-9-6-23(7-10-27)5-4-19-20(23)25-22(26-21(19)30)28-11-13-31-14-12-28/h15H,3-14,16H2,1-2H3,(H,25,26,30). The van der Waals surface area contributed by atoms with Gasteiger partial charge in [0.15, 0.2) is 0 Å². The molecule has 1 spiro atoms. The second-order valence-electron chi connectivity index (χ2n) is 9.35. The van der Waals surface area contributed by atoms with Crippen molar-refractivity contribution in [1.82, 2.24) is 24.6 Å². The molecule has 2 aliphatic heterocycles. The highest BCUT2D eigenvalue weighted by Crippen LogP contribution is 2.44. The Labute approximate surface area is 183 Å². The number of fused-ring (bicyclic) bond motifs is 2. The summed E-state index contributed by atoms with van der Waals surface area (Å²) in [6.07, 6.45) is 7.18. The zero-order valence-electron chi connectivity index (χ0n) is 18.8. The fraction of sp³-hybridized carbons (Fsp3) is 0.696. The van der Waals surface area contributed by atoms with Gasteiger partial charge in [0.2, 0.25) is 5.95 Å². The number of hydrogen-bond donors (Lipinski definition) is 1. The third kappa shape index (κ3) is 3.80. The molecule has 0 amide bonds. The Bertz CT molecular complexity index is 982. The molecule has 31 heavy (non-hydrogen) atoms. The number of ether oxygens (including phenoxy) is 1. The molecule has 0 aromatic carbocycles. The summed E-state index contributed by atoms with van der Waals surface area (Å²) < 4.78 is 7.59. The molecular formula is C23H34N6O2. The molecule has 2 aromatic heterocycles. The zero-order chi connectivity index (χ0) is 21.4. The zero-order valence-corrected chi connectivity index (χ0v) is 18.8.